The largest absolute Gasteiger partial charge is 0.497 e. The highest BCUT2D eigenvalue weighted by molar-refractivity contribution is 7.92. The van der Waals surface area contributed by atoms with Crippen molar-refractivity contribution in [2.45, 2.75) is 25.7 Å². The van der Waals surface area contributed by atoms with Crippen molar-refractivity contribution in [3.8, 4) is 5.75 Å². The van der Waals surface area contributed by atoms with Gasteiger partial charge >= 0.3 is 0 Å². The number of carbonyl (C=O) groups is 2. The lowest BCUT2D eigenvalue weighted by molar-refractivity contribution is -0.117. The zero-order chi connectivity index (χ0) is 22.4. The molecule has 8 nitrogen and oxygen atoms in total. The first kappa shape index (κ1) is 22.6. The molecule has 1 aliphatic heterocycles. The smallest absolute Gasteiger partial charge is 0.232 e. The molecule has 2 aromatic rings. The van der Waals surface area contributed by atoms with E-state index in [1.807, 2.05) is 12.1 Å². The fourth-order valence-corrected chi connectivity index (χ4v) is 4.45. The Labute approximate surface area is 182 Å². The van der Waals surface area contributed by atoms with E-state index in [1.165, 1.54) is 4.31 Å². The van der Waals surface area contributed by atoms with Crippen LogP contribution >= 0.6 is 0 Å². The number of nitrogens with one attached hydrogen (secondary N) is 1. The summed E-state index contributed by atoms with van der Waals surface area (Å²) in [6.45, 7) is 0.907. The topological polar surface area (TPSA) is 96.0 Å². The van der Waals surface area contributed by atoms with Gasteiger partial charge in [0, 0.05) is 37.3 Å². The van der Waals surface area contributed by atoms with Gasteiger partial charge in [-0.2, -0.15) is 0 Å². The van der Waals surface area contributed by atoms with Gasteiger partial charge in [0.05, 0.1) is 19.1 Å². The lowest BCUT2D eigenvalue weighted by atomic mass is 10.2. The van der Waals surface area contributed by atoms with Gasteiger partial charge < -0.3 is 15.0 Å². The summed E-state index contributed by atoms with van der Waals surface area (Å²) >= 11 is 0. The Morgan fingerprint density at radius 2 is 1.81 bits per heavy atom. The number of nitrogens with zero attached hydrogens (tertiary/aromatic N) is 2. The minimum absolute atomic E-state index is 0.115. The molecule has 166 valence electrons. The summed E-state index contributed by atoms with van der Waals surface area (Å²) in [7, 11) is -1.94. The first-order valence-electron chi connectivity index (χ1n) is 10.1. The number of anilines is 3. The van der Waals surface area contributed by atoms with Crippen LogP contribution in [0.5, 0.6) is 5.75 Å². The van der Waals surface area contributed by atoms with Crippen LogP contribution in [0.2, 0.25) is 0 Å². The van der Waals surface area contributed by atoms with E-state index in [9.17, 15) is 18.0 Å². The highest BCUT2D eigenvalue weighted by Gasteiger charge is 2.21. The van der Waals surface area contributed by atoms with E-state index in [0.29, 0.717) is 30.0 Å². The number of ether oxygens (including phenoxy) is 1. The molecule has 0 atom stereocenters. The fourth-order valence-electron chi connectivity index (χ4n) is 3.49. The Kier molecular flexibility index (Phi) is 7.17. The Balaban J connectivity index is 1.53. The first-order valence-corrected chi connectivity index (χ1v) is 11.9. The molecule has 1 heterocycles. The van der Waals surface area contributed by atoms with Gasteiger partial charge in [0.2, 0.25) is 21.8 Å². The SMILES string of the molecule is COc1ccc(N(CCCC(=O)Nc2ccc(N3CCCC3=O)cc2)S(C)(=O)=O)cc1. The normalized spacial score (nSPS) is 13.9. The molecule has 1 aliphatic rings. The van der Waals surface area contributed by atoms with Gasteiger partial charge in [-0.25, -0.2) is 8.42 Å². The molecule has 0 unspecified atom stereocenters. The lowest BCUT2D eigenvalue weighted by Gasteiger charge is -2.22. The lowest BCUT2D eigenvalue weighted by Crippen LogP contribution is -2.31. The Morgan fingerprint density at radius 3 is 2.35 bits per heavy atom. The number of hydrogen-bond donors (Lipinski definition) is 1. The minimum Gasteiger partial charge on any atom is -0.497 e. The molecule has 1 fully saturated rings. The van der Waals surface area contributed by atoms with E-state index in [4.69, 9.17) is 4.74 Å². The predicted octanol–water partition coefficient (Wildman–Crippen LogP) is 3.01. The van der Waals surface area contributed by atoms with E-state index in [2.05, 4.69) is 5.32 Å². The highest BCUT2D eigenvalue weighted by atomic mass is 32.2. The maximum absolute atomic E-state index is 12.3. The van der Waals surface area contributed by atoms with E-state index < -0.39 is 10.0 Å². The second-order valence-electron chi connectivity index (χ2n) is 7.38. The third kappa shape index (κ3) is 5.97. The van der Waals surface area contributed by atoms with Crippen molar-refractivity contribution >= 4 is 38.9 Å². The molecule has 3 rings (SSSR count). The monoisotopic (exact) mass is 445 g/mol. The average Bonchev–Trinajstić information content (AvgIpc) is 3.17. The van der Waals surface area contributed by atoms with Gasteiger partial charge in [-0.05, 0) is 61.4 Å². The number of hydrogen-bond acceptors (Lipinski definition) is 5. The van der Waals surface area contributed by atoms with Crippen molar-refractivity contribution in [3.05, 3.63) is 48.5 Å². The Bertz CT molecular complexity index is 1020. The molecule has 1 saturated heterocycles. The maximum atomic E-state index is 12.3. The van der Waals surface area contributed by atoms with E-state index in [1.54, 1.807) is 48.4 Å². The Hall–Kier alpha value is -3.07. The molecule has 0 saturated carbocycles. The van der Waals surface area contributed by atoms with Gasteiger partial charge in [0.15, 0.2) is 0 Å². The third-order valence-corrected chi connectivity index (χ3v) is 6.26. The molecule has 0 spiro atoms. The minimum atomic E-state index is -3.48. The molecule has 0 radical (unpaired) electrons. The zero-order valence-corrected chi connectivity index (χ0v) is 18.5. The molecule has 0 aliphatic carbocycles. The second kappa shape index (κ2) is 9.82. The predicted molar refractivity (Wildman–Crippen MR) is 121 cm³/mol. The molecule has 0 aromatic heterocycles. The maximum Gasteiger partial charge on any atom is 0.232 e. The van der Waals surface area contributed by atoms with Gasteiger partial charge in [-0.3, -0.25) is 13.9 Å². The van der Waals surface area contributed by atoms with Crippen LogP contribution in [0.1, 0.15) is 25.7 Å². The van der Waals surface area contributed by atoms with Gasteiger partial charge in [-0.15, -0.1) is 0 Å². The van der Waals surface area contributed by atoms with Crippen LogP contribution in [0.3, 0.4) is 0 Å². The standard InChI is InChI=1S/C22H27N3O5S/c1-30-20-13-11-19(12-14-20)25(31(2,28)29)16-3-5-21(26)23-17-7-9-18(10-8-17)24-15-4-6-22(24)27/h7-14H,3-6,15-16H2,1-2H3,(H,23,26). The van der Waals surface area contributed by atoms with Crippen molar-refractivity contribution in [2.24, 2.45) is 0 Å². The van der Waals surface area contributed by atoms with Crippen molar-refractivity contribution in [1.29, 1.82) is 0 Å². The first-order chi connectivity index (χ1) is 14.8. The summed E-state index contributed by atoms with van der Waals surface area (Å²) in [6.07, 6.45) is 3.11. The van der Waals surface area contributed by atoms with Crippen LogP contribution < -0.4 is 19.3 Å². The van der Waals surface area contributed by atoms with E-state index in [0.717, 1.165) is 24.9 Å². The molecule has 2 aromatic carbocycles. The van der Waals surface area contributed by atoms with Crippen molar-refractivity contribution in [2.75, 3.05) is 41.0 Å². The summed E-state index contributed by atoms with van der Waals surface area (Å²) in [5.74, 6) is 0.550. The number of benzene rings is 2. The molecule has 2 amide bonds. The van der Waals surface area contributed by atoms with E-state index in [-0.39, 0.29) is 24.8 Å². The van der Waals surface area contributed by atoms with Gasteiger partial charge in [0.1, 0.15) is 5.75 Å². The Morgan fingerprint density at radius 1 is 1.13 bits per heavy atom. The summed E-state index contributed by atoms with van der Waals surface area (Å²) in [6, 6.07) is 13.9. The highest BCUT2D eigenvalue weighted by Crippen LogP contribution is 2.24. The second-order valence-corrected chi connectivity index (χ2v) is 9.29. The van der Waals surface area contributed by atoms with Gasteiger partial charge in [0.25, 0.3) is 0 Å². The zero-order valence-electron chi connectivity index (χ0n) is 17.7. The van der Waals surface area contributed by atoms with Crippen LogP contribution in [0.4, 0.5) is 17.1 Å². The van der Waals surface area contributed by atoms with Crippen molar-refractivity contribution in [3.63, 3.8) is 0 Å². The van der Waals surface area contributed by atoms with Crippen LogP contribution in [0.25, 0.3) is 0 Å². The van der Waals surface area contributed by atoms with Crippen LogP contribution in [-0.4, -0.2) is 46.7 Å². The van der Waals surface area contributed by atoms with Gasteiger partial charge in [-0.1, -0.05) is 0 Å². The van der Waals surface area contributed by atoms with Crippen molar-refractivity contribution in [1.82, 2.24) is 0 Å². The van der Waals surface area contributed by atoms with Crippen LogP contribution in [-0.2, 0) is 19.6 Å². The summed E-state index contributed by atoms with van der Waals surface area (Å²) in [4.78, 5) is 25.9. The molecule has 9 heteroatoms. The number of amides is 2. The van der Waals surface area contributed by atoms with E-state index >= 15 is 0 Å². The van der Waals surface area contributed by atoms with Crippen LogP contribution in [0.15, 0.2) is 48.5 Å². The average molecular weight is 446 g/mol. The quantitative estimate of drug-likeness (QED) is 0.640. The molecule has 31 heavy (non-hydrogen) atoms. The number of methoxy groups -OCH3 is 1. The molecular formula is C22H27N3O5S. The third-order valence-electron chi connectivity index (χ3n) is 5.06. The van der Waals surface area contributed by atoms with Crippen LogP contribution in [0, 0.1) is 0 Å². The molecule has 1 N–H and O–H groups in total. The molecule has 0 bridgehead atoms. The number of rotatable bonds is 9. The molecular weight excluding hydrogens is 418 g/mol. The summed E-state index contributed by atoms with van der Waals surface area (Å²) < 4.78 is 30.8. The number of sulfonamides is 1. The fraction of sp³-hybridized carbons (Fsp3) is 0.364. The summed E-state index contributed by atoms with van der Waals surface area (Å²) in [5, 5.41) is 2.81. The van der Waals surface area contributed by atoms with Crippen molar-refractivity contribution < 1.29 is 22.7 Å². The summed E-state index contributed by atoms with van der Waals surface area (Å²) in [5.41, 5.74) is 1.98. The number of carbonyl (C=O) groups excluding carboxylic acids is 2.